The lowest BCUT2D eigenvalue weighted by molar-refractivity contribution is -0.384. The zero-order valence-corrected chi connectivity index (χ0v) is 15.8. The Morgan fingerprint density at radius 2 is 2.00 bits per heavy atom. The molecule has 0 spiro atoms. The Bertz CT molecular complexity index is 895. The maximum Gasteiger partial charge on any atom is 0.270 e. The van der Waals surface area contributed by atoms with Crippen LogP contribution in [0.4, 0.5) is 5.69 Å². The largest absolute Gasteiger partial charge is 0.271 e. The van der Waals surface area contributed by atoms with Gasteiger partial charge in [0.05, 0.1) is 10.6 Å². The van der Waals surface area contributed by atoms with Crippen LogP contribution in [0.3, 0.4) is 0 Å². The van der Waals surface area contributed by atoms with Gasteiger partial charge >= 0.3 is 0 Å². The third kappa shape index (κ3) is 4.59. The van der Waals surface area contributed by atoms with Crippen molar-refractivity contribution < 1.29 is 9.72 Å². The molecule has 1 fully saturated rings. The van der Waals surface area contributed by atoms with Crippen molar-refractivity contribution in [3.63, 3.8) is 0 Å². The highest BCUT2D eigenvalue weighted by Gasteiger charge is 2.30. The van der Waals surface area contributed by atoms with Crippen LogP contribution in [0.15, 0.2) is 53.6 Å². The number of amides is 1. The molecule has 0 bridgehead atoms. The van der Waals surface area contributed by atoms with Gasteiger partial charge in [0.25, 0.3) is 11.6 Å². The summed E-state index contributed by atoms with van der Waals surface area (Å²) in [4.78, 5) is 22.8. The zero-order chi connectivity index (χ0) is 20.1. The highest BCUT2D eigenvalue weighted by atomic mass is 16.6. The molecule has 2 unspecified atom stereocenters. The van der Waals surface area contributed by atoms with Gasteiger partial charge in [0, 0.05) is 23.7 Å². The summed E-state index contributed by atoms with van der Waals surface area (Å²) in [5.74, 6) is -0.259. The van der Waals surface area contributed by atoms with Crippen LogP contribution >= 0.6 is 0 Å². The molecule has 1 aliphatic heterocycles. The highest BCUT2D eigenvalue weighted by molar-refractivity contribution is 5.99. The van der Waals surface area contributed by atoms with Crippen LogP contribution in [0.25, 0.3) is 0 Å². The maximum atomic E-state index is 12.4. The van der Waals surface area contributed by atoms with E-state index < -0.39 is 11.0 Å². The van der Waals surface area contributed by atoms with Crippen LogP contribution in [0, 0.1) is 10.1 Å². The molecule has 1 amide bonds. The van der Waals surface area contributed by atoms with Crippen molar-refractivity contribution in [2.45, 2.75) is 38.8 Å². The van der Waals surface area contributed by atoms with E-state index in [0.717, 1.165) is 12.0 Å². The quantitative estimate of drug-likeness (QED) is 0.405. The average Bonchev–Trinajstić information content (AvgIpc) is 3.22. The summed E-state index contributed by atoms with van der Waals surface area (Å²) in [6.45, 7) is 3.80. The standard InChI is InChI=1S/C20H23N5O3/c1-3-14-7-9-15(10-8-14)18-12-19(23-22-18)20(26)24-21-13(2)16-5-4-6-17(11-16)25(27)28/h4-11,18-19,22-23H,3,12H2,1-2H3,(H,24,26)/b21-13+. The first-order chi connectivity index (χ1) is 13.5. The van der Waals surface area contributed by atoms with Gasteiger partial charge < -0.3 is 0 Å². The number of carbonyl (C=O) groups excluding carboxylic acids is 1. The van der Waals surface area contributed by atoms with E-state index in [4.69, 9.17) is 0 Å². The number of benzene rings is 2. The monoisotopic (exact) mass is 381 g/mol. The Balaban J connectivity index is 1.59. The lowest BCUT2D eigenvalue weighted by Gasteiger charge is -2.10. The van der Waals surface area contributed by atoms with Crippen molar-refractivity contribution in [2.24, 2.45) is 5.10 Å². The number of hydrazine groups is 1. The predicted molar refractivity (Wildman–Crippen MR) is 107 cm³/mol. The molecule has 0 aliphatic carbocycles. The summed E-state index contributed by atoms with van der Waals surface area (Å²) < 4.78 is 0. The van der Waals surface area contributed by atoms with Gasteiger partial charge in [0.1, 0.15) is 6.04 Å². The second-order valence-corrected chi connectivity index (χ2v) is 6.71. The third-order valence-corrected chi connectivity index (χ3v) is 4.82. The van der Waals surface area contributed by atoms with E-state index in [0.29, 0.717) is 17.7 Å². The summed E-state index contributed by atoms with van der Waals surface area (Å²) in [6.07, 6.45) is 1.59. The first-order valence-electron chi connectivity index (χ1n) is 9.16. The molecular weight excluding hydrogens is 358 g/mol. The van der Waals surface area contributed by atoms with E-state index in [1.165, 1.54) is 17.7 Å². The van der Waals surface area contributed by atoms with Crippen LogP contribution < -0.4 is 16.3 Å². The number of hydrogen-bond donors (Lipinski definition) is 3. The number of nitrogens with zero attached hydrogens (tertiary/aromatic N) is 2. The molecule has 2 aromatic rings. The maximum absolute atomic E-state index is 12.4. The molecule has 8 nitrogen and oxygen atoms in total. The summed E-state index contributed by atoms with van der Waals surface area (Å²) in [6, 6.07) is 14.1. The van der Waals surface area contributed by atoms with Gasteiger partial charge in [0.2, 0.25) is 0 Å². The van der Waals surface area contributed by atoms with Crippen molar-refractivity contribution in [3.8, 4) is 0 Å². The van der Waals surface area contributed by atoms with E-state index in [-0.39, 0.29) is 17.6 Å². The summed E-state index contributed by atoms with van der Waals surface area (Å²) in [7, 11) is 0. The summed E-state index contributed by atoms with van der Waals surface area (Å²) in [5, 5.41) is 15.0. The Morgan fingerprint density at radius 3 is 2.68 bits per heavy atom. The molecule has 146 valence electrons. The molecule has 2 aromatic carbocycles. The zero-order valence-electron chi connectivity index (χ0n) is 15.8. The van der Waals surface area contributed by atoms with Crippen LogP contribution in [-0.4, -0.2) is 22.6 Å². The fourth-order valence-electron chi connectivity index (χ4n) is 3.06. The minimum absolute atomic E-state index is 0.0167. The van der Waals surface area contributed by atoms with Gasteiger partial charge in [-0.2, -0.15) is 5.10 Å². The van der Waals surface area contributed by atoms with Crippen molar-refractivity contribution >= 4 is 17.3 Å². The van der Waals surface area contributed by atoms with E-state index in [1.807, 2.05) is 0 Å². The van der Waals surface area contributed by atoms with Gasteiger partial charge in [-0.25, -0.2) is 16.3 Å². The van der Waals surface area contributed by atoms with Gasteiger partial charge in [-0.1, -0.05) is 43.3 Å². The number of aryl methyl sites for hydroxylation is 1. The molecule has 1 saturated heterocycles. The second kappa shape index (κ2) is 8.73. The molecule has 3 rings (SSSR count). The van der Waals surface area contributed by atoms with Crippen LogP contribution in [-0.2, 0) is 11.2 Å². The minimum Gasteiger partial charge on any atom is -0.271 e. The fraction of sp³-hybridized carbons (Fsp3) is 0.300. The molecule has 8 heteroatoms. The number of nitro groups is 1. The third-order valence-electron chi connectivity index (χ3n) is 4.82. The lowest BCUT2D eigenvalue weighted by Crippen LogP contribution is -2.41. The lowest BCUT2D eigenvalue weighted by atomic mass is 10.00. The Labute approximate surface area is 163 Å². The van der Waals surface area contributed by atoms with Crippen molar-refractivity contribution in [2.75, 3.05) is 0 Å². The Morgan fingerprint density at radius 1 is 1.25 bits per heavy atom. The SMILES string of the molecule is CCc1ccc(C2CC(C(=O)N/N=C(\C)c3cccc([N+](=O)[O-])c3)NN2)cc1. The molecule has 3 N–H and O–H groups in total. The smallest absolute Gasteiger partial charge is 0.270 e. The van der Waals surface area contributed by atoms with Crippen molar-refractivity contribution in [1.82, 2.24) is 16.3 Å². The first kappa shape index (κ1) is 19.7. The second-order valence-electron chi connectivity index (χ2n) is 6.71. The highest BCUT2D eigenvalue weighted by Crippen LogP contribution is 2.22. The number of nitro benzene ring substituents is 1. The van der Waals surface area contributed by atoms with Gasteiger partial charge in [0.15, 0.2) is 0 Å². The molecular formula is C20H23N5O3. The Kier molecular flexibility index (Phi) is 6.13. The van der Waals surface area contributed by atoms with Crippen LogP contribution in [0.5, 0.6) is 0 Å². The van der Waals surface area contributed by atoms with Crippen LogP contribution in [0.2, 0.25) is 0 Å². The van der Waals surface area contributed by atoms with E-state index in [2.05, 4.69) is 52.6 Å². The number of nitrogens with one attached hydrogen (secondary N) is 3. The van der Waals surface area contributed by atoms with Gasteiger partial charge in [-0.05, 0) is 30.9 Å². The minimum atomic E-state index is -0.462. The summed E-state index contributed by atoms with van der Waals surface area (Å²) >= 11 is 0. The normalized spacial score (nSPS) is 19.4. The number of carbonyl (C=O) groups is 1. The van der Waals surface area contributed by atoms with E-state index in [1.54, 1.807) is 19.1 Å². The Hall–Kier alpha value is -3.10. The van der Waals surface area contributed by atoms with Crippen molar-refractivity contribution in [1.29, 1.82) is 0 Å². The molecule has 0 saturated carbocycles. The molecule has 0 radical (unpaired) electrons. The van der Waals surface area contributed by atoms with Gasteiger partial charge in [-0.15, -0.1) is 0 Å². The molecule has 1 heterocycles. The predicted octanol–water partition coefficient (Wildman–Crippen LogP) is 2.61. The van der Waals surface area contributed by atoms with Crippen LogP contribution in [0.1, 0.15) is 43.0 Å². The average molecular weight is 381 g/mol. The molecule has 0 aromatic heterocycles. The molecule has 2 atom stereocenters. The van der Waals surface area contributed by atoms with E-state index in [9.17, 15) is 14.9 Å². The molecule has 28 heavy (non-hydrogen) atoms. The number of hydrogen-bond acceptors (Lipinski definition) is 6. The number of hydrazone groups is 1. The number of rotatable bonds is 6. The molecule has 1 aliphatic rings. The number of non-ortho nitro benzene ring substituents is 1. The van der Waals surface area contributed by atoms with Gasteiger partial charge in [-0.3, -0.25) is 14.9 Å². The summed E-state index contributed by atoms with van der Waals surface area (Å²) in [5.41, 5.74) is 12.1. The van der Waals surface area contributed by atoms with Crippen molar-refractivity contribution in [3.05, 3.63) is 75.3 Å². The fourth-order valence-corrected chi connectivity index (χ4v) is 3.06. The topological polar surface area (TPSA) is 109 Å². The first-order valence-corrected chi connectivity index (χ1v) is 9.16. The van der Waals surface area contributed by atoms with E-state index >= 15 is 0 Å².